The molecule has 0 spiro atoms. The smallest absolute Gasteiger partial charge is 0.242 e. The van der Waals surface area contributed by atoms with Gasteiger partial charge < -0.3 is 10.2 Å². The van der Waals surface area contributed by atoms with Crippen LogP contribution in [0, 0.1) is 13.8 Å². The third-order valence-corrected chi connectivity index (χ3v) is 8.38. The molecule has 3 rings (SSSR count). The molecule has 0 unspecified atom stereocenters. The molecule has 9 heteroatoms. The van der Waals surface area contributed by atoms with E-state index in [0.717, 1.165) is 42.4 Å². The molecule has 1 saturated carbocycles. The van der Waals surface area contributed by atoms with E-state index in [1.807, 2.05) is 50.2 Å². The lowest BCUT2D eigenvalue weighted by Gasteiger charge is -2.30. The number of hydrogen-bond acceptors (Lipinski definition) is 4. The van der Waals surface area contributed by atoms with E-state index in [1.165, 1.54) is 10.6 Å². The summed E-state index contributed by atoms with van der Waals surface area (Å²) in [5.41, 5.74) is 3.27. The van der Waals surface area contributed by atoms with E-state index in [-0.39, 0.29) is 37.4 Å². The molecular formula is C28H38ClN3O4S. The Kier molecular flexibility index (Phi) is 10.0. The number of halogens is 1. The Morgan fingerprint density at radius 3 is 2.30 bits per heavy atom. The van der Waals surface area contributed by atoms with E-state index in [9.17, 15) is 18.0 Å². The monoisotopic (exact) mass is 547 g/mol. The zero-order valence-electron chi connectivity index (χ0n) is 22.2. The zero-order chi connectivity index (χ0) is 27.2. The van der Waals surface area contributed by atoms with Gasteiger partial charge in [-0.3, -0.25) is 13.9 Å². The second-order valence-corrected chi connectivity index (χ2v) is 12.4. The van der Waals surface area contributed by atoms with Crippen molar-refractivity contribution in [3.63, 3.8) is 0 Å². The fourth-order valence-corrected chi connectivity index (χ4v) is 6.03. The summed E-state index contributed by atoms with van der Waals surface area (Å²) in [6, 6.07) is 12.4. The van der Waals surface area contributed by atoms with Crippen LogP contribution in [0.15, 0.2) is 42.5 Å². The lowest BCUT2D eigenvalue weighted by Crippen LogP contribution is -2.49. The highest BCUT2D eigenvalue weighted by molar-refractivity contribution is 7.92. The van der Waals surface area contributed by atoms with Crippen LogP contribution in [-0.2, 0) is 26.2 Å². The molecule has 2 amide bonds. The van der Waals surface area contributed by atoms with Gasteiger partial charge >= 0.3 is 0 Å². The maximum absolute atomic E-state index is 13.5. The van der Waals surface area contributed by atoms with Gasteiger partial charge in [-0.1, -0.05) is 48.7 Å². The lowest BCUT2D eigenvalue weighted by molar-refractivity contribution is -0.140. The molecule has 1 fully saturated rings. The van der Waals surface area contributed by atoms with Crippen molar-refractivity contribution in [2.45, 2.75) is 77.9 Å². The molecule has 0 saturated heterocycles. The number of carbonyl (C=O) groups excluding carboxylic acids is 2. The van der Waals surface area contributed by atoms with Crippen molar-refractivity contribution in [3.05, 3.63) is 64.2 Å². The predicted molar refractivity (Wildman–Crippen MR) is 149 cm³/mol. The average Bonchev–Trinajstić information content (AvgIpc) is 3.32. The molecule has 0 aliphatic heterocycles. The third-order valence-electron chi connectivity index (χ3n) is 6.81. The van der Waals surface area contributed by atoms with Crippen molar-refractivity contribution in [2.24, 2.45) is 0 Å². The fraction of sp³-hybridized carbons (Fsp3) is 0.500. The molecule has 1 aliphatic carbocycles. The van der Waals surface area contributed by atoms with Crippen LogP contribution >= 0.6 is 11.6 Å². The minimum Gasteiger partial charge on any atom is -0.352 e. The van der Waals surface area contributed by atoms with E-state index < -0.39 is 16.1 Å². The van der Waals surface area contributed by atoms with Gasteiger partial charge in [0.25, 0.3) is 0 Å². The minimum absolute atomic E-state index is 0.0995. The molecule has 202 valence electrons. The normalized spacial score (nSPS) is 14.8. The molecule has 2 aromatic carbocycles. The number of amides is 2. The SMILES string of the molecule is Cc1cc(C)cc(N(CCCC(=O)N(Cc2ccccc2Cl)[C@H](C)C(=O)NC2CCCC2)S(C)(=O)=O)c1. The second kappa shape index (κ2) is 12.8. The summed E-state index contributed by atoms with van der Waals surface area (Å²) in [6.07, 6.45) is 5.69. The van der Waals surface area contributed by atoms with Gasteiger partial charge in [-0.2, -0.15) is 0 Å². The minimum atomic E-state index is -3.54. The number of carbonyl (C=O) groups is 2. The van der Waals surface area contributed by atoms with E-state index in [0.29, 0.717) is 17.1 Å². The molecule has 1 atom stereocenters. The number of anilines is 1. The Morgan fingerprint density at radius 2 is 1.70 bits per heavy atom. The van der Waals surface area contributed by atoms with Gasteiger partial charge in [0.1, 0.15) is 6.04 Å². The van der Waals surface area contributed by atoms with Crippen molar-refractivity contribution in [2.75, 3.05) is 17.1 Å². The van der Waals surface area contributed by atoms with Crippen LogP contribution in [0.1, 0.15) is 62.1 Å². The largest absolute Gasteiger partial charge is 0.352 e. The van der Waals surface area contributed by atoms with Crippen LogP contribution in [-0.4, -0.2) is 50.0 Å². The van der Waals surface area contributed by atoms with Gasteiger partial charge in [0, 0.05) is 30.6 Å². The van der Waals surface area contributed by atoms with E-state index in [4.69, 9.17) is 11.6 Å². The summed E-state index contributed by atoms with van der Waals surface area (Å²) in [5.74, 6) is -0.400. The van der Waals surface area contributed by atoms with Crippen molar-refractivity contribution >= 4 is 39.1 Å². The summed E-state index contributed by atoms with van der Waals surface area (Å²) in [6.45, 7) is 5.94. The summed E-state index contributed by atoms with van der Waals surface area (Å²) in [4.78, 5) is 28.1. The number of nitrogens with one attached hydrogen (secondary N) is 1. The summed E-state index contributed by atoms with van der Waals surface area (Å²) < 4.78 is 26.5. The standard InChI is InChI=1S/C28H38ClN3O4S/c1-20-16-21(2)18-25(17-20)32(37(4,35)36)15-9-14-27(33)31(19-23-10-5-8-13-26(23)29)22(3)28(34)30-24-11-6-7-12-24/h5,8,10,13,16-18,22,24H,6-7,9,11-12,14-15,19H2,1-4H3,(H,30,34)/t22-/m1/s1. The number of rotatable bonds is 11. The molecule has 7 nitrogen and oxygen atoms in total. The quantitative estimate of drug-likeness (QED) is 0.430. The van der Waals surface area contributed by atoms with Crippen LogP contribution in [0.4, 0.5) is 5.69 Å². The van der Waals surface area contributed by atoms with Crippen LogP contribution in [0.25, 0.3) is 0 Å². The molecule has 2 aromatic rings. The van der Waals surface area contributed by atoms with Gasteiger partial charge in [-0.25, -0.2) is 8.42 Å². The Morgan fingerprint density at radius 1 is 1.08 bits per heavy atom. The summed E-state index contributed by atoms with van der Waals surface area (Å²) >= 11 is 6.37. The Balaban J connectivity index is 1.74. The van der Waals surface area contributed by atoms with Crippen molar-refractivity contribution in [3.8, 4) is 0 Å². The highest BCUT2D eigenvalue weighted by Crippen LogP contribution is 2.24. The molecule has 0 heterocycles. The topological polar surface area (TPSA) is 86.8 Å². The fourth-order valence-electron chi connectivity index (χ4n) is 4.88. The van der Waals surface area contributed by atoms with Gasteiger partial charge in [0.15, 0.2) is 0 Å². The van der Waals surface area contributed by atoms with Crippen LogP contribution in [0.3, 0.4) is 0 Å². The first-order valence-electron chi connectivity index (χ1n) is 12.8. The molecule has 0 radical (unpaired) electrons. The number of benzene rings is 2. The Hall–Kier alpha value is -2.58. The highest BCUT2D eigenvalue weighted by Gasteiger charge is 2.29. The first-order valence-corrected chi connectivity index (χ1v) is 15.1. The first-order chi connectivity index (χ1) is 17.5. The molecular weight excluding hydrogens is 510 g/mol. The van der Waals surface area contributed by atoms with Crippen molar-refractivity contribution < 1.29 is 18.0 Å². The van der Waals surface area contributed by atoms with Gasteiger partial charge in [0.05, 0.1) is 11.9 Å². The Bertz CT molecular complexity index is 1190. The van der Waals surface area contributed by atoms with E-state index in [1.54, 1.807) is 17.9 Å². The summed E-state index contributed by atoms with van der Waals surface area (Å²) in [5, 5.41) is 3.62. The van der Waals surface area contributed by atoms with Crippen molar-refractivity contribution in [1.29, 1.82) is 0 Å². The number of nitrogens with zero attached hydrogens (tertiary/aromatic N) is 2. The van der Waals surface area contributed by atoms with E-state index in [2.05, 4.69) is 5.32 Å². The maximum Gasteiger partial charge on any atom is 0.242 e. The second-order valence-electron chi connectivity index (χ2n) is 10.1. The average molecular weight is 548 g/mol. The van der Waals surface area contributed by atoms with Crippen molar-refractivity contribution in [1.82, 2.24) is 10.2 Å². The first kappa shape index (κ1) is 29.0. The summed E-state index contributed by atoms with van der Waals surface area (Å²) in [7, 11) is -3.54. The molecule has 0 bridgehead atoms. The van der Waals surface area contributed by atoms with Gasteiger partial charge in [-0.15, -0.1) is 0 Å². The van der Waals surface area contributed by atoms with Crippen LogP contribution in [0.2, 0.25) is 5.02 Å². The van der Waals surface area contributed by atoms with Crippen LogP contribution in [0.5, 0.6) is 0 Å². The Labute approximate surface area is 226 Å². The zero-order valence-corrected chi connectivity index (χ0v) is 23.7. The molecule has 1 N–H and O–H groups in total. The number of sulfonamides is 1. The highest BCUT2D eigenvalue weighted by atomic mass is 35.5. The number of aryl methyl sites for hydroxylation is 2. The van der Waals surface area contributed by atoms with Crippen LogP contribution < -0.4 is 9.62 Å². The molecule has 0 aromatic heterocycles. The number of hydrogen-bond donors (Lipinski definition) is 1. The molecule has 37 heavy (non-hydrogen) atoms. The lowest BCUT2D eigenvalue weighted by atomic mass is 10.1. The molecule has 1 aliphatic rings. The maximum atomic E-state index is 13.5. The predicted octanol–water partition coefficient (Wildman–Crippen LogP) is 4.98. The third kappa shape index (κ3) is 8.20. The van der Waals surface area contributed by atoms with E-state index >= 15 is 0 Å². The van der Waals surface area contributed by atoms with Gasteiger partial charge in [0.2, 0.25) is 21.8 Å². The van der Waals surface area contributed by atoms with Gasteiger partial charge in [-0.05, 0) is 74.9 Å².